The van der Waals surface area contributed by atoms with Crippen molar-refractivity contribution in [2.45, 2.75) is 38.6 Å². The molecular weight excluding hydrogens is 358 g/mol. The van der Waals surface area contributed by atoms with Crippen LogP contribution in [0.1, 0.15) is 32.6 Å². The van der Waals surface area contributed by atoms with Crippen LogP contribution in [-0.4, -0.2) is 35.8 Å². The summed E-state index contributed by atoms with van der Waals surface area (Å²) in [5.41, 5.74) is 6.67. The Hall–Kier alpha value is -1.40. The van der Waals surface area contributed by atoms with Gasteiger partial charge in [-0.2, -0.15) is 0 Å². The van der Waals surface area contributed by atoms with Crippen LogP contribution in [0, 0.1) is 5.92 Å². The van der Waals surface area contributed by atoms with Crippen molar-refractivity contribution in [1.29, 1.82) is 0 Å². The maximum atomic E-state index is 12.4. The molecule has 1 aromatic carbocycles. The van der Waals surface area contributed by atoms with Crippen molar-refractivity contribution in [2.24, 2.45) is 11.7 Å². The van der Waals surface area contributed by atoms with Crippen LogP contribution in [0.25, 0.3) is 0 Å². The van der Waals surface area contributed by atoms with E-state index in [1.54, 1.807) is 4.90 Å². The van der Waals surface area contributed by atoms with Crippen molar-refractivity contribution in [2.75, 3.05) is 18.4 Å². The van der Waals surface area contributed by atoms with Gasteiger partial charge in [0.25, 0.3) is 0 Å². The van der Waals surface area contributed by atoms with Crippen molar-refractivity contribution in [3.63, 3.8) is 0 Å². The summed E-state index contributed by atoms with van der Waals surface area (Å²) < 4.78 is 0.867. The topological polar surface area (TPSA) is 75.4 Å². The van der Waals surface area contributed by atoms with Gasteiger partial charge in [-0.1, -0.05) is 25.5 Å². The predicted molar refractivity (Wildman–Crippen MR) is 95.0 cm³/mol. The lowest BCUT2D eigenvalue weighted by Crippen LogP contribution is -2.48. The number of nitrogens with zero attached hydrogens (tertiary/aromatic N) is 1. The molecule has 2 amide bonds. The fourth-order valence-electron chi connectivity index (χ4n) is 2.83. The zero-order chi connectivity index (χ0) is 16.8. The molecule has 0 spiro atoms. The van der Waals surface area contributed by atoms with Gasteiger partial charge in [0.15, 0.2) is 0 Å². The van der Waals surface area contributed by atoms with Crippen LogP contribution in [0.5, 0.6) is 0 Å². The first-order chi connectivity index (χ1) is 11.0. The lowest BCUT2D eigenvalue weighted by molar-refractivity contribution is -0.135. The minimum atomic E-state index is -0.411. The van der Waals surface area contributed by atoms with E-state index in [0.29, 0.717) is 32.4 Å². The number of hydrogen-bond donors (Lipinski definition) is 2. The highest BCUT2D eigenvalue weighted by Gasteiger charge is 2.29. The van der Waals surface area contributed by atoms with Crippen molar-refractivity contribution >= 4 is 33.4 Å². The highest BCUT2D eigenvalue weighted by atomic mass is 79.9. The first-order valence-corrected chi connectivity index (χ1v) is 8.92. The zero-order valence-corrected chi connectivity index (χ0v) is 15.0. The molecule has 0 saturated carbocycles. The Bertz CT molecular complexity index is 557. The second-order valence-corrected chi connectivity index (χ2v) is 6.82. The predicted octanol–water partition coefficient (Wildman–Crippen LogP) is 2.75. The first kappa shape index (κ1) is 17.9. The summed E-state index contributed by atoms with van der Waals surface area (Å²) in [5, 5.41) is 2.95. The normalized spacial score (nSPS) is 16.9. The number of carbonyl (C=O) groups excluding carboxylic acids is 2. The van der Waals surface area contributed by atoms with Gasteiger partial charge < -0.3 is 16.0 Å². The van der Waals surface area contributed by atoms with E-state index in [4.69, 9.17) is 5.73 Å². The van der Waals surface area contributed by atoms with Crippen LogP contribution in [0.2, 0.25) is 0 Å². The van der Waals surface area contributed by atoms with E-state index in [-0.39, 0.29) is 17.7 Å². The summed E-state index contributed by atoms with van der Waals surface area (Å²) in [6.45, 7) is 3.22. The smallest absolute Gasteiger partial charge is 0.239 e. The van der Waals surface area contributed by atoms with Gasteiger partial charge in [-0.05, 0) is 47.3 Å². The molecule has 1 saturated heterocycles. The minimum Gasteiger partial charge on any atom is -0.341 e. The van der Waals surface area contributed by atoms with Crippen LogP contribution < -0.4 is 11.1 Å². The second-order valence-electron chi connectivity index (χ2n) is 5.96. The molecular formula is C17H24BrN3O2. The summed E-state index contributed by atoms with van der Waals surface area (Å²) in [6.07, 6.45) is 2.97. The molecule has 6 heteroatoms. The average Bonchev–Trinajstić information content (AvgIpc) is 2.56. The van der Waals surface area contributed by atoms with Gasteiger partial charge in [0, 0.05) is 23.5 Å². The molecule has 0 radical (unpaired) electrons. The van der Waals surface area contributed by atoms with Crippen molar-refractivity contribution in [1.82, 2.24) is 4.90 Å². The molecule has 0 bridgehead atoms. The number of carbonyl (C=O) groups is 2. The Balaban J connectivity index is 1.85. The van der Waals surface area contributed by atoms with Crippen molar-refractivity contribution < 1.29 is 9.59 Å². The van der Waals surface area contributed by atoms with E-state index in [0.717, 1.165) is 16.6 Å². The highest BCUT2D eigenvalue weighted by Crippen LogP contribution is 2.24. The van der Waals surface area contributed by atoms with Crippen molar-refractivity contribution in [3.8, 4) is 0 Å². The number of rotatable bonds is 5. The number of nitrogens with one attached hydrogen (secondary N) is 1. The Morgan fingerprint density at radius 3 is 2.61 bits per heavy atom. The monoisotopic (exact) mass is 381 g/mol. The van der Waals surface area contributed by atoms with Gasteiger partial charge in [-0.25, -0.2) is 0 Å². The number of amides is 2. The molecule has 0 aliphatic carbocycles. The molecule has 126 valence electrons. The van der Waals surface area contributed by atoms with E-state index >= 15 is 0 Å². The Labute approximate surface area is 145 Å². The second kappa shape index (κ2) is 8.45. The third-order valence-corrected chi connectivity index (χ3v) is 4.92. The standard InChI is InChI=1S/C17H24BrN3O2/c1-2-5-14(19)17(23)21-10-8-12(9-11-21)16(22)20-15-7-4-3-6-13(15)18/h3-4,6-7,12,14H,2,5,8-11,19H2,1H3,(H,20,22). The number of piperidine rings is 1. The number of para-hydroxylation sites is 1. The lowest BCUT2D eigenvalue weighted by atomic mass is 9.95. The number of anilines is 1. The maximum Gasteiger partial charge on any atom is 0.239 e. The highest BCUT2D eigenvalue weighted by molar-refractivity contribution is 9.10. The quantitative estimate of drug-likeness (QED) is 0.822. The van der Waals surface area contributed by atoms with E-state index in [2.05, 4.69) is 21.2 Å². The fraction of sp³-hybridized carbons (Fsp3) is 0.529. The average molecular weight is 382 g/mol. The first-order valence-electron chi connectivity index (χ1n) is 8.12. The maximum absolute atomic E-state index is 12.4. The van der Waals surface area contributed by atoms with E-state index in [1.807, 2.05) is 31.2 Å². The molecule has 5 nitrogen and oxygen atoms in total. The van der Waals surface area contributed by atoms with E-state index < -0.39 is 6.04 Å². The molecule has 1 unspecified atom stereocenters. The van der Waals surface area contributed by atoms with Gasteiger partial charge in [0.1, 0.15) is 0 Å². The van der Waals surface area contributed by atoms with E-state index in [1.165, 1.54) is 0 Å². The molecule has 1 heterocycles. The summed E-state index contributed by atoms with van der Waals surface area (Å²) in [4.78, 5) is 26.4. The molecule has 3 N–H and O–H groups in total. The zero-order valence-electron chi connectivity index (χ0n) is 13.4. The SMILES string of the molecule is CCCC(N)C(=O)N1CCC(C(=O)Nc2ccccc2Br)CC1. The van der Waals surface area contributed by atoms with Crippen LogP contribution >= 0.6 is 15.9 Å². The Morgan fingerprint density at radius 1 is 1.35 bits per heavy atom. The lowest BCUT2D eigenvalue weighted by Gasteiger charge is -2.33. The number of halogens is 1. The van der Waals surface area contributed by atoms with Crippen LogP contribution in [0.3, 0.4) is 0 Å². The molecule has 0 aromatic heterocycles. The van der Waals surface area contributed by atoms with Crippen LogP contribution in [-0.2, 0) is 9.59 Å². The molecule has 23 heavy (non-hydrogen) atoms. The number of likely N-dealkylation sites (tertiary alicyclic amines) is 1. The van der Waals surface area contributed by atoms with Gasteiger partial charge in [0.05, 0.1) is 11.7 Å². The van der Waals surface area contributed by atoms with Crippen LogP contribution in [0.4, 0.5) is 5.69 Å². The summed E-state index contributed by atoms with van der Waals surface area (Å²) in [6, 6.07) is 7.14. The van der Waals surface area contributed by atoms with Crippen LogP contribution in [0.15, 0.2) is 28.7 Å². The molecule has 1 aliphatic rings. The van der Waals surface area contributed by atoms with Gasteiger partial charge >= 0.3 is 0 Å². The third-order valence-electron chi connectivity index (χ3n) is 4.23. The molecule has 1 aliphatic heterocycles. The number of hydrogen-bond acceptors (Lipinski definition) is 3. The van der Waals surface area contributed by atoms with E-state index in [9.17, 15) is 9.59 Å². The molecule has 2 rings (SSSR count). The third kappa shape index (κ3) is 4.78. The number of nitrogens with two attached hydrogens (primary N) is 1. The Kier molecular flexibility index (Phi) is 6.59. The Morgan fingerprint density at radius 2 is 2.00 bits per heavy atom. The summed E-state index contributed by atoms with van der Waals surface area (Å²) >= 11 is 3.43. The molecule has 1 atom stereocenters. The van der Waals surface area contributed by atoms with Gasteiger partial charge in [0.2, 0.25) is 11.8 Å². The van der Waals surface area contributed by atoms with Gasteiger partial charge in [-0.3, -0.25) is 9.59 Å². The molecule has 1 fully saturated rings. The van der Waals surface area contributed by atoms with Gasteiger partial charge in [-0.15, -0.1) is 0 Å². The molecule has 1 aromatic rings. The number of benzene rings is 1. The summed E-state index contributed by atoms with van der Waals surface area (Å²) in [7, 11) is 0. The van der Waals surface area contributed by atoms with Crippen molar-refractivity contribution in [3.05, 3.63) is 28.7 Å². The minimum absolute atomic E-state index is 0.0107. The largest absolute Gasteiger partial charge is 0.341 e. The summed E-state index contributed by atoms with van der Waals surface area (Å²) in [5.74, 6) is -0.0353. The fourth-order valence-corrected chi connectivity index (χ4v) is 3.21.